The zero-order valence-corrected chi connectivity index (χ0v) is 17.4. The maximum absolute atomic E-state index is 13.5. The third-order valence-corrected chi connectivity index (χ3v) is 4.72. The molecule has 0 fully saturated rings. The highest BCUT2D eigenvalue weighted by Crippen LogP contribution is 2.20. The molecular weight excluding hydrogens is 420 g/mol. The van der Waals surface area contributed by atoms with Gasteiger partial charge in [-0.25, -0.2) is 19.2 Å². The summed E-state index contributed by atoms with van der Waals surface area (Å²) < 4.78 is 26.9. The number of hydrazine groups is 1. The van der Waals surface area contributed by atoms with Crippen LogP contribution in [0.1, 0.15) is 12.5 Å². The van der Waals surface area contributed by atoms with Crippen LogP contribution in [0.4, 0.5) is 14.6 Å². The number of carbonyl (C=O) groups is 2. The second kappa shape index (κ2) is 10.7. The van der Waals surface area contributed by atoms with E-state index in [1.165, 1.54) is 48.5 Å². The van der Waals surface area contributed by atoms with E-state index in [1.54, 1.807) is 18.2 Å². The van der Waals surface area contributed by atoms with E-state index in [2.05, 4.69) is 10.4 Å². The predicted octanol–water partition coefficient (Wildman–Crippen LogP) is 2.29. The van der Waals surface area contributed by atoms with Crippen LogP contribution < -0.4 is 16.2 Å². The van der Waals surface area contributed by atoms with E-state index < -0.39 is 11.9 Å². The molecule has 0 unspecified atom stereocenters. The predicted molar refractivity (Wildman–Crippen MR) is 115 cm³/mol. The van der Waals surface area contributed by atoms with Gasteiger partial charge in [-0.3, -0.25) is 19.4 Å². The van der Waals surface area contributed by atoms with E-state index in [-0.39, 0.29) is 37.2 Å². The summed E-state index contributed by atoms with van der Waals surface area (Å²) in [6.45, 7) is 1.42. The maximum Gasteiger partial charge on any atom is 0.239 e. The molecule has 0 saturated heterocycles. The van der Waals surface area contributed by atoms with Gasteiger partial charge in [0.1, 0.15) is 11.6 Å². The summed E-state index contributed by atoms with van der Waals surface area (Å²) in [6, 6.07) is 11.0. The molecule has 2 aromatic carbocycles. The molecule has 32 heavy (non-hydrogen) atoms. The number of hydroxylamine groups is 1. The molecule has 0 aliphatic rings. The molecule has 0 aliphatic heterocycles. The van der Waals surface area contributed by atoms with Gasteiger partial charge in [0.25, 0.3) is 0 Å². The van der Waals surface area contributed by atoms with Crippen LogP contribution in [0.2, 0.25) is 0 Å². The van der Waals surface area contributed by atoms with Crippen LogP contribution in [-0.4, -0.2) is 41.5 Å². The molecular formula is C22H23F2N5O3. The van der Waals surface area contributed by atoms with Gasteiger partial charge in [0, 0.05) is 31.6 Å². The second-order valence-corrected chi connectivity index (χ2v) is 7.00. The molecule has 168 valence electrons. The minimum absolute atomic E-state index is 0.0266. The number of halogens is 2. The van der Waals surface area contributed by atoms with Crippen LogP contribution in [0.3, 0.4) is 0 Å². The Morgan fingerprint density at radius 2 is 1.97 bits per heavy atom. The van der Waals surface area contributed by atoms with Crippen molar-refractivity contribution in [3.8, 4) is 0 Å². The lowest BCUT2D eigenvalue weighted by Crippen LogP contribution is -2.54. The number of rotatable bonds is 10. The Morgan fingerprint density at radius 3 is 2.66 bits per heavy atom. The molecule has 0 spiro atoms. The van der Waals surface area contributed by atoms with Crippen molar-refractivity contribution in [3.05, 3.63) is 71.9 Å². The van der Waals surface area contributed by atoms with Crippen molar-refractivity contribution in [2.45, 2.75) is 19.5 Å². The standard InChI is InChI=1S/C22H23F2N5O3/c1-15(31)29(27-11-16-3-2-4-19(23)7-16)21(10-25)13-32-28(14-30)22-9-18-8-20(24)6-5-17(18)12-26-22/h2-9,12,14,21,27H,10-11,13,25H2,1H3/t21-/m0/s1. The average molecular weight is 443 g/mol. The number of benzene rings is 2. The quantitative estimate of drug-likeness (QED) is 0.368. The topological polar surface area (TPSA) is 101 Å². The first kappa shape index (κ1) is 23.2. The summed E-state index contributed by atoms with van der Waals surface area (Å²) in [4.78, 5) is 33.4. The Hall–Kier alpha value is -3.47. The van der Waals surface area contributed by atoms with Crippen LogP contribution >= 0.6 is 0 Å². The molecule has 3 aromatic rings. The molecule has 3 N–H and O–H groups in total. The fraction of sp³-hybridized carbons (Fsp3) is 0.227. The van der Waals surface area contributed by atoms with E-state index in [1.807, 2.05) is 0 Å². The fourth-order valence-corrected chi connectivity index (χ4v) is 3.11. The number of pyridine rings is 1. The van der Waals surface area contributed by atoms with Crippen LogP contribution in [0.15, 0.2) is 54.7 Å². The fourth-order valence-electron chi connectivity index (χ4n) is 3.11. The SMILES string of the molecule is CC(=O)N(NCc1cccc(F)c1)[C@@H](CN)CON(C=O)c1cc2cc(F)ccc2cn1. The number of hydrogen-bond donors (Lipinski definition) is 2. The van der Waals surface area contributed by atoms with Crippen LogP contribution in [0.25, 0.3) is 10.8 Å². The summed E-state index contributed by atoms with van der Waals surface area (Å²) in [5.74, 6) is -0.993. The second-order valence-electron chi connectivity index (χ2n) is 7.00. The summed E-state index contributed by atoms with van der Waals surface area (Å²) in [6.07, 6.45) is 1.91. The highest BCUT2D eigenvalue weighted by atomic mass is 19.1. The van der Waals surface area contributed by atoms with Crippen molar-refractivity contribution in [1.82, 2.24) is 15.4 Å². The number of amides is 2. The van der Waals surface area contributed by atoms with Crippen LogP contribution in [-0.2, 0) is 21.0 Å². The lowest BCUT2D eigenvalue weighted by atomic mass is 10.2. The van der Waals surface area contributed by atoms with Gasteiger partial charge in [-0.05, 0) is 47.3 Å². The molecule has 0 radical (unpaired) electrons. The molecule has 2 amide bonds. The summed E-state index contributed by atoms with van der Waals surface area (Å²) >= 11 is 0. The Balaban J connectivity index is 1.69. The number of fused-ring (bicyclic) bond motifs is 1. The van der Waals surface area contributed by atoms with Gasteiger partial charge in [-0.15, -0.1) is 0 Å². The Morgan fingerprint density at radius 1 is 1.19 bits per heavy atom. The molecule has 10 heteroatoms. The minimum atomic E-state index is -0.638. The Labute approximate surface area is 183 Å². The van der Waals surface area contributed by atoms with Gasteiger partial charge in [0.05, 0.1) is 12.6 Å². The number of nitrogens with two attached hydrogens (primary N) is 1. The molecule has 0 bridgehead atoms. The largest absolute Gasteiger partial charge is 0.328 e. The lowest BCUT2D eigenvalue weighted by Gasteiger charge is -2.31. The summed E-state index contributed by atoms with van der Waals surface area (Å²) in [7, 11) is 0. The normalized spacial score (nSPS) is 11.9. The van der Waals surface area contributed by atoms with E-state index in [0.29, 0.717) is 22.7 Å². The lowest BCUT2D eigenvalue weighted by molar-refractivity contribution is -0.137. The third kappa shape index (κ3) is 5.82. The monoisotopic (exact) mass is 443 g/mol. The first-order valence-corrected chi connectivity index (χ1v) is 9.82. The number of nitrogens with one attached hydrogen (secondary N) is 1. The number of anilines is 1. The molecule has 1 atom stereocenters. The molecule has 3 rings (SSSR count). The van der Waals surface area contributed by atoms with E-state index in [4.69, 9.17) is 10.6 Å². The minimum Gasteiger partial charge on any atom is -0.328 e. The van der Waals surface area contributed by atoms with Crippen molar-refractivity contribution < 1.29 is 23.2 Å². The molecule has 1 heterocycles. The van der Waals surface area contributed by atoms with Gasteiger partial charge < -0.3 is 5.73 Å². The third-order valence-electron chi connectivity index (χ3n) is 4.72. The molecule has 1 aromatic heterocycles. The Bertz CT molecular complexity index is 1100. The smallest absolute Gasteiger partial charge is 0.239 e. The van der Waals surface area contributed by atoms with Crippen LogP contribution in [0.5, 0.6) is 0 Å². The Kier molecular flexibility index (Phi) is 7.77. The van der Waals surface area contributed by atoms with Crippen molar-refractivity contribution in [2.24, 2.45) is 5.73 Å². The highest BCUT2D eigenvalue weighted by molar-refractivity contribution is 5.85. The zero-order chi connectivity index (χ0) is 23.1. The first-order valence-electron chi connectivity index (χ1n) is 9.82. The van der Waals surface area contributed by atoms with E-state index in [0.717, 1.165) is 5.06 Å². The van der Waals surface area contributed by atoms with Gasteiger partial charge in [-0.1, -0.05) is 12.1 Å². The molecule has 0 saturated carbocycles. The van der Waals surface area contributed by atoms with E-state index in [9.17, 15) is 18.4 Å². The van der Waals surface area contributed by atoms with Gasteiger partial charge in [-0.2, -0.15) is 5.06 Å². The average Bonchev–Trinajstić information content (AvgIpc) is 2.77. The van der Waals surface area contributed by atoms with Crippen molar-refractivity contribution in [1.29, 1.82) is 0 Å². The number of carbonyl (C=O) groups excluding carboxylic acids is 2. The molecule has 8 nitrogen and oxygen atoms in total. The maximum atomic E-state index is 13.5. The van der Waals surface area contributed by atoms with Gasteiger partial charge >= 0.3 is 0 Å². The number of hydrogen-bond acceptors (Lipinski definition) is 6. The number of nitrogens with zero attached hydrogens (tertiary/aromatic N) is 3. The number of aromatic nitrogens is 1. The molecule has 0 aliphatic carbocycles. The van der Waals surface area contributed by atoms with Crippen LogP contribution in [0, 0.1) is 11.6 Å². The first-order chi connectivity index (χ1) is 15.4. The van der Waals surface area contributed by atoms with Gasteiger partial charge in [0.15, 0.2) is 5.82 Å². The highest BCUT2D eigenvalue weighted by Gasteiger charge is 2.22. The summed E-state index contributed by atoms with van der Waals surface area (Å²) in [5, 5.41) is 3.41. The zero-order valence-electron chi connectivity index (χ0n) is 17.4. The summed E-state index contributed by atoms with van der Waals surface area (Å²) in [5.41, 5.74) is 9.38. The van der Waals surface area contributed by atoms with Gasteiger partial charge in [0.2, 0.25) is 12.3 Å². The van der Waals surface area contributed by atoms with E-state index >= 15 is 0 Å². The van der Waals surface area contributed by atoms with Crippen molar-refractivity contribution in [2.75, 3.05) is 18.2 Å². The van der Waals surface area contributed by atoms with Crippen molar-refractivity contribution in [3.63, 3.8) is 0 Å². The van der Waals surface area contributed by atoms with Crippen molar-refractivity contribution >= 4 is 28.9 Å².